The highest BCUT2D eigenvalue weighted by molar-refractivity contribution is 9.10. The van der Waals surface area contributed by atoms with Crippen LogP contribution in [0.15, 0.2) is 59.2 Å². The SMILES string of the molecule is O=C(N/C=C/c1ccccc1Br)Nc1ccc(Cl)cc1. The topological polar surface area (TPSA) is 41.1 Å². The monoisotopic (exact) mass is 350 g/mol. The number of urea groups is 1. The summed E-state index contributed by atoms with van der Waals surface area (Å²) in [6.45, 7) is 0. The molecule has 0 spiro atoms. The molecule has 0 saturated heterocycles. The first-order valence-electron chi connectivity index (χ1n) is 5.89. The molecule has 2 N–H and O–H groups in total. The van der Waals surface area contributed by atoms with Gasteiger partial charge in [0.2, 0.25) is 0 Å². The molecule has 0 aliphatic rings. The zero-order valence-corrected chi connectivity index (χ0v) is 12.8. The fraction of sp³-hybridized carbons (Fsp3) is 0. The molecule has 0 aliphatic carbocycles. The smallest absolute Gasteiger partial charge is 0.314 e. The summed E-state index contributed by atoms with van der Waals surface area (Å²) in [6.07, 6.45) is 3.40. The van der Waals surface area contributed by atoms with Crippen LogP contribution in [0.1, 0.15) is 5.56 Å². The molecule has 0 fully saturated rings. The number of hydrogen-bond acceptors (Lipinski definition) is 1. The van der Waals surface area contributed by atoms with Crippen molar-refractivity contribution in [2.75, 3.05) is 5.32 Å². The maximum absolute atomic E-state index is 11.7. The zero-order valence-electron chi connectivity index (χ0n) is 10.4. The van der Waals surface area contributed by atoms with Crippen molar-refractivity contribution in [1.29, 1.82) is 0 Å². The summed E-state index contributed by atoms with van der Waals surface area (Å²) in [5.41, 5.74) is 1.67. The van der Waals surface area contributed by atoms with Crippen LogP contribution in [0.5, 0.6) is 0 Å². The Bertz CT molecular complexity index is 626. The highest BCUT2D eigenvalue weighted by atomic mass is 79.9. The summed E-state index contributed by atoms with van der Waals surface area (Å²) in [4.78, 5) is 11.7. The molecule has 20 heavy (non-hydrogen) atoms. The minimum Gasteiger partial charge on any atom is -0.314 e. The summed E-state index contributed by atoms with van der Waals surface area (Å²) in [5.74, 6) is 0. The van der Waals surface area contributed by atoms with Gasteiger partial charge in [-0.15, -0.1) is 0 Å². The lowest BCUT2D eigenvalue weighted by Gasteiger charge is -2.04. The van der Waals surface area contributed by atoms with Gasteiger partial charge >= 0.3 is 6.03 Å². The van der Waals surface area contributed by atoms with Gasteiger partial charge in [-0.2, -0.15) is 0 Å². The Morgan fingerprint density at radius 3 is 2.50 bits per heavy atom. The van der Waals surface area contributed by atoms with E-state index in [1.54, 1.807) is 30.5 Å². The Balaban J connectivity index is 1.89. The lowest BCUT2D eigenvalue weighted by molar-refractivity contribution is 0.255. The quantitative estimate of drug-likeness (QED) is 0.811. The third-order valence-electron chi connectivity index (χ3n) is 2.48. The molecular weight excluding hydrogens is 340 g/mol. The second-order valence-corrected chi connectivity index (χ2v) is 5.25. The van der Waals surface area contributed by atoms with Gasteiger partial charge in [-0.05, 0) is 42.0 Å². The molecule has 2 rings (SSSR count). The number of halogens is 2. The molecule has 0 unspecified atom stereocenters. The molecule has 3 nitrogen and oxygen atoms in total. The van der Waals surface area contributed by atoms with E-state index in [1.165, 1.54) is 0 Å². The standard InChI is InChI=1S/C15H12BrClN2O/c16-14-4-2-1-3-11(14)9-10-18-15(20)19-13-7-5-12(17)6-8-13/h1-10H,(H2,18,19,20)/b10-9+. The van der Waals surface area contributed by atoms with Crippen LogP contribution in [0, 0.1) is 0 Å². The molecule has 102 valence electrons. The van der Waals surface area contributed by atoms with Crippen molar-refractivity contribution in [1.82, 2.24) is 5.32 Å². The number of rotatable bonds is 3. The lowest BCUT2D eigenvalue weighted by Crippen LogP contribution is -2.23. The van der Waals surface area contributed by atoms with E-state index in [4.69, 9.17) is 11.6 Å². The highest BCUT2D eigenvalue weighted by Gasteiger charge is 1.99. The van der Waals surface area contributed by atoms with Crippen LogP contribution in [-0.4, -0.2) is 6.03 Å². The molecule has 0 atom stereocenters. The molecule has 0 aliphatic heterocycles. The van der Waals surface area contributed by atoms with E-state index < -0.39 is 0 Å². The minimum absolute atomic E-state index is 0.310. The Morgan fingerprint density at radius 2 is 1.80 bits per heavy atom. The average molecular weight is 352 g/mol. The summed E-state index contributed by atoms with van der Waals surface area (Å²) in [7, 11) is 0. The summed E-state index contributed by atoms with van der Waals surface area (Å²) < 4.78 is 0.969. The van der Waals surface area contributed by atoms with Crippen molar-refractivity contribution >= 4 is 45.3 Å². The highest BCUT2D eigenvalue weighted by Crippen LogP contribution is 2.16. The Hall–Kier alpha value is -1.78. The number of carbonyl (C=O) groups excluding carboxylic acids is 1. The largest absolute Gasteiger partial charge is 0.323 e. The van der Waals surface area contributed by atoms with Crippen LogP contribution < -0.4 is 10.6 Å². The molecule has 2 aromatic rings. The van der Waals surface area contributed by atoms with Crippen molar-refractivity contribution in [2.24, 2.45) is 0 Å². The van der Waals surface area contributed by atoms with Gasteiger partial charge in [0.25, 0.3) is 0 Å². The van der Waals surface area contributed by atoms with Crippen LogP contribution in [0.3, 0.4) is 0 Å². The zero-order chi connectivity index (χ0) is 14.4. The van der Waals surface area contributed by atoms with Gasteiger partial charge in [-0.25, -0.2) is 4.79 Å². The van der Waals surface area contributed by atoms with Crippen molar-refractivity contribution in [3.8, 4) is 0 Å². The Morgan fingerprint density at radius 1 is 1.10 bits per heavy atom. The lowest BCUT2D eigenvalue weighted by atomic mass is 10.2. The normalized spacial score (nSPS) is 10.5. The van der Waals surface area contributed by atoms with E-state index in [9.17, 15) is 4.79 Å². The molecule has 2 amide bonds. The van der Waals surface area contributed by atoms with E-state index in [1.807, 2.05) is 30.3 Å². The molecule has 0 bridgehead atoms. The summed E-state index contributed by atoms with van der Waals surface area (Å²) >= 11 is 9.20. The van der Waals surface area contributed by atoms with Gasteiger partial charge in [0, 0.05) is 21.4 Å². The number of hydrogen-bond donors (Lipinski definition) is 2. The number of anilines is 1. The van der Waals surface area contributed by atoms with Crippen molar-refractivity contribution in [3.63, 3.8) is 0 Å². The van der Waals surface area contributed by atoms with E-state index in [0.717, 1.165) is 10.0 Å². The fourth-order valence-corrected chi connectivity index (χ4v) is 2.06. The maximum Gasteiger partial charge on any atom is 0.323 e. The maximum atomic E-state index is 11.7. The van der Waals surface area contributed by atoms with Gasteiger partial charge in [-0.1, -0.05) is 45.7 Å². The first kappa shape index (κ1) is 14.6. The Kier molecular flexibility index (Phi) is 5.21. The number of nitrogens with one attached hydrogen (secondary N) is 2. The molecular formula is C15H12BrClN2O. The second kappa shape index (κ2) is 7.12. The van der Waals surface area contributed by atoms with Crippen LogP contribution in [-0.2, 0) is 0 Å². The van der Waals surface area contributed by atoms with E-state index in [0.29, 0.717) is 10.7 Å². The second-order valence-electron chi connectivity index (χ2n) is 3.96. The summed E-state index contributed by atoms with van der Waals surface area (Å²) in [6, 6.07) is 14.3. The first-order valence-corrected chi connectivity index (χ1v) is 7.06. The molecule has 2 aromatic carbocycles. The third-order valence-corrected chi connectivity index (χ3v) is 3.46. The van der Waals surface area contributed by atoms with Crippen LogP contribution in [0.2, 0.25) is 5.02 Å². The molecule has 0 aromatic heterocycles. The first-order chi connectivity index (χ1) is 9.65. The van der Waals surface area contributed by atoms with Crippen LogP contribution in [0.25, 0.3) is 6.08 Å². The van der Waals surface area contributed by atoms with Crippen LogP contribution >= 0.6 is 27.5 Å². The molecule has 0 saturated carbocycles. The molecule has 5 heteroatoms. The molecule has 0 heterocycles. The van der Waals surface area contributed by atoms with Crippen molar-refractivity contribution in [2.45, 2.75) is 0 Å². The Labute approximate surface area is 130 Å². The van der Waals surface area contributed by atoms with Gasteiger partial charge in [-0.3, -0.25) is 0 Å². The fourth-order valence-electron chi connectivity index (χ4n) is 1.52. The predicted molar refractivity (Wildman–Crippen MR) is 86.8 cm³/mol. The number of carbonyl (C=O) groups is 1. The van der Waals surface area contributed by atoms with E-state index in [-0.39, 0.29) is 6.03 Å². The summed E-state index contributed by atoms with van der Waals surface area (Å²) in [5, 5.41) is 5.96. The predicted octanol–water partition coefficient (Wildman–Crippen LogP) is 4.89. The van der Waals surface area contributed by atoms with Gasteiger partial charge in [0.1, 0.15) is 0 Å². The molecule has 0 radical (unpaired) electrons. The van der Waals surface area contributed by atoms with Crippen molar-refractivity contribution in [3.05, 3.63) is 69.8 Å². The van der Waals surface area contributed by atoms with Crippen LogP contribution in [0.4, 0.5) is 10.5 Å². The van der Waals surface area contributed by atoms with Crippen molar-refractivity contribution < 1.29 is 4.79 Å². The third kappa shape index (κ3) is 4.40. The van der Waals surface area contributed by atoms with E-state index >= 15 is 0 Å². The van der Waals surface area contributed by atoms with Gasteiger partial charge in [0.05, 0.1) is 0 Å². The van der Waals surface area contributed by atoms with Gasteiger partial charge in [0.15, 0.2) is 0 Å². The average Bonchev–Trinajstić information content (AvgIpc) is 2.43. The number of benzene rings is 2. The number of amides is 2. The minimum atomic E-state index is -0.310. The van der Waals surface area contributed by atoms with Gasteiger partial charge < -0.3 is 10.6 Å². The van der Waals surface area contributed by atoms with E-state index in [2.05, 4.69) is 26.6 Å².